The molecule has 0 saturated heterocycles. The molecule has 1 fully saturated rings. The third kappa shape index (κ3) is 4.43. The van der Waals surface area contributed by atoms with Crippen LogP contribution in [0.15, 0.2) is 29.2 Å². The van der Waals surface area contributed by atoms with Crippen molar-refractivity contribution in [1.82, 2.24) is 4.72 Å². The van der Waals surface area contributed by atoms with Crippen molar-refractivity contribution in [2.24, 2.45) is 5.92 Å². The van der Waals surface area contributed by atoms with Crippen molar-refractivity contribution in [3.8, 4) is 0 Å². The van der Waals surface area contributed by atoms with Gasteiger partial charge in [0.25, 0.3) is 0 Å². The minimum absolute atomic E-state index is 0.216. The maximum Gasteiger partial charge on any atom is 0.242 e. The highest BCUT2D eigenvalue weighted by Gasteiger charge is 2.21. The Labute approximate surface area is 126 Å². The van der Waals surface area contributed by atoms with Crippen molar-refractivity contribution < 1.29 is 13.5 Å². The molecule has 21 heavy (non-hydrogen) atoms. The van der Waals surface area contributed by atoms with E-state index in [0.717, 1.165) is 25.7 Å². The Morgan fingerprint density at radius 3 is 2.76 bits per heavy atom. The minimum Gasteiger partial charge on any atom is -0.393 e. The van der Waals surface area contributed by atoms with Gasteiger partial charge in [0.05, 0.1) is 11.8 Å². The van der Waals surface area contributed by atoms with Crippen LogP contribution in [0.4, 0.5) is 5.69 Å². The van der Waals surface area contributed by atoms with E-state index in [1.165, 1.54) is 0 Å². The van der Waals surface area contributed by atoms with E-state index in [4.69, 9.17) is 0 Å². The molecule has 0 aliphatic heterocycles. The lowest BCUT2D eigenvalue weighted by Gasteiger charge is -2.26. The third-order valence-electron chi connectivity index (χ3n) is 3.85. The summed E-state index contributed by atoms with van der Waals surface area (Å²) in [5.74, 6) is 0.392. The molecule has 0 amide bonds. The van der Waals surface area contributed by atoms with Gasteiger partial charge in [-0.2, -0.15) is 0 Å². The highest BCUT2D eigenvalue weighted by Crippen LogP contribution is 2.26. The van der Waals surface area contributed by atoms with Gasteiger partial charge in [0.2, 0.25) is 10.0 Å². The number of aliphatic hydroxyl groups excluding tert-OH is 1. The van der Waals surface area contributed by atoms with Gasteiger partial charge in [-0.3, -0.25) is 0 Å². The number of para-hydroxylation sites is 1. The Kier molecular flexibility index (Phi) is 5.61. The van der Waals surface area contributed by atoms with Gasteiger partial charge in [0, 0.05) is 13.1 Å². The summed E-state index contributed by atoms with van der Waals surface area (Å²) in [6.45, 7) is 2.82. The van der Waals surface area contributed by atoms with Crippen molar-refractivity contribution in [3.05, 3.63) is 24.3 Å². The molecule has 3 N–H and O–H groups in total. The number of aliphatic hydroxyl groups is 1. The molecule has 1 aromatic rings. The number of anilines is 1. The lowest BCUT2D eigenvalue weighted by atomic mass is 9.87. The van der Waals surface area contributed by atoms with Crippen molar-refractivity contribution in [1.29, 1.82) is 0 Å². The second kappa shape index (κ2) is 7.24. The Hall–Kier alpha value is -1.11. The average molecular weight is 312 g/mol. The van der Waals surface area contributed by atoms with E-state index in [1.54, 1.807) is 25.1 Å². The second-order valence-corrected chi connectivity index (χ2v) is 7.30. The lowest BCUT2D eigenvalue weighted by Crippen LogP contribution is -2.27. The first kappa shape index (κ1) is 16.3. The van der Waals surface area contributed by atoms with Crippen LogP contribution in [-0.2, 0) is 10.0 Å². The monoisotopic (exact) mass is 312 g/mol. The van der Waals surface area contributed by atoms with Crippen molar-refractivity contribution in [2.45, 2.75) is 43.6 Å². The predicted octanol–water partition coefficient (Wildman–Crippen LogP) is 1.95. The van der Waals surface area contributed by atoms with E-state index in [2.05, 4.69) is 10.0 Å². The van der Waals surface area contributed by atoms with Crippen LogP contribution < -0.4 is 10.0 Å². The second-order valence-electron chi connectivity index (χ2n) is 5.56. The van der Waals surface area contributed by atoms with Gasteiger partial charge in [0.1, 0.15) is 4.90 Å². The van der Waals surface area contributed by atoms with E-state index in [1.807, 2.05) is 6.07 Å². The first-order valence-corrected chi connectivity index (χ1v) is 9.02. The first-order chi connectivity index (χ1) is 10.0. The summed E-state index contributed by atoms with van der Waals surface area (Å²) in [7, 11) is -3.47. The zero-order chi connectivity index (χ0) is 15.3. The summed E-state index contributed by atoms with van der Waals surface area (Å²) in [6, 6.07) is 6.93. The highest BCUT2D eigenvalue weighted by molar-refractivity contribution is 7.89. The van der Waals surface area contributed by atoms with Gasteiger partial charge >= 0.3 is 0 Å². The Morgan fingerprint density at radius 1 is 1.29 bits per heavy atom. The van der Waals surface area contributed by atoms with Gasteiger partial charge in [-0.1, -0.05) is 25.5 Å². The Morgan fingerprint density at radius 2 is 2.05 bits per heavy atom. The molecule has 1 aliphatic carbocycles. The van der Waals surface area contributed by atoms with Gasteiger partial charge in [0.15, 0.2) is 0 Å². The molecule has 0 aromatic heterocycles. The summed E-state index contributed by atoms with van der Waals surface area (Å²) >= 11 is 0. The van der Waals surface area contributed by atoms with Gasteiger partial charge < -0.3 is 10.4 Å². The van der Waals surface area contributed by atoms with E-state index < -0.39 is 10.0 Å². The van der Waals surface area contributed by atoms with E-state index in [0.29, 0.717) is 24.7 Å². The Bertz CT molecular complexity index is 560. The third-order valence-corrected chi connectivity index (χ3v) is 5.45. The van der Waals surface area contributed by atoms with Crippen molar-refractivity contribution in [3.63, 3.8) is 0 Å². The summed E-state index contributed by atoms with van der Waals surface area (Å²) in [4.78, 5) is 0.281. The fourth-order valence-corrected chi connectivity index (χ4v) is 4.04. The van der Waals surface area contributed by atoms with Crippen molar-refractivity contribution in [2.75, 3.05) is 18.4 Å². The Balaban J connectivity index is 2.06. The number of rotatable bonds is 6. The highest BCUT2D eigenvalue weighted by atomic mass is 32.2. The molecule has 2 atom stereocenters. The molecular weight excluding hydrogens is 288 g/mol. The molecule has 2 unspecified atom stereocenters. The van der Waals surface area contributed by atoms with E-state index in [-0.39, 0.29) is 11.0 Å². The van der Waals surface area contributed by atoms with Gasteiger partial charge in [-0.15, -0.1) is 0 Å². The molecule has 6 heteroatoms. The van der Waals surface area contributed by atoms with E-state index in [9.17, 15) is 13.5 Å². The summed E-state index contributed by atoms with van der Waals surface area (Å²) < 4.78 is 26.8. The molecule has 1 saturated carbocycles. The van der Waals surface area contributed by atoms with Crippen LogP contribution in [-0.4, -0.2) is 32.7 Å². The SMILES string of the molecule is CCNS(=O)(=O)c1ccccc1NCC1CCCC(O)C1. The van der Waals surface area contributed by atoms with Gasteiger partial charge in [-0.05, 0) is 37.3 Å². The maximum absolute atomic E-state index is 12.2. The smallest absolute Gasteiger partial charge is 0.242 e. The first-order valence-electron chi connectivity index (χ1n) is 7.53. The number of nitrogens with one attached hydrogen (secondary N) is 2. The van der Waals surface area contributed by atoms with Crippen LogP contribution >= 0.6 is 0 Å². The fraction of sp³-hybridized carbons (Fsp3) is 0.600. The lowest BCUT2D eigenvalue weighted by molar-refractivity contribution is 0.104. The number of hydrogen-bond acceptors (Lipinski definition) is 4. The molecule has 5 nitrogen and oxygen atoms in total. The molecule has 118 valence electrons. The quantitative estimate of drug-likeness (QED) is 0.750. The summed E-state index contributed by atoms with van der Waals surface area (Å²) in [6.07, 6.45) is 3.56. The van der Waals surface area contributed by atoms with Crippen LogP contribution in [0.3, 0.4) is 0 Å². The molecule has 0 radical (unpaired) electrons. The van der Waals surface area contributed by atoms with E-state index >= 15 is 0 Å². The van der Waals surface area contributed by atoms with Gasteiger partial charge in [-0.25, -0.2) is 13.1 Å². The number of benzene rings is 1. The molecule has 0 heterocycles. The molecule has 1 aromatic carbocycles. The molecular formula is C15H24N2O3S. The zero-order valence-corrected chi connectivity index (χ0v) is 13.2. The molecule has 0 spiro atoms. The standard InChI is InChI=1S/C15H24N2O3S/c1-2-17-21(19,20)15-9-4-3-8-14(15)16-11-12-6-5-7-13(18)10-12/h3-4,8-9,12-13,16-18H,2,5-7,10-11H2,1H3. The predicted molar refractivity (Wildman–Crippen MR) is 83.8 cm³/mol. The minimum atomic E-state index is -3.47. The molecule has 2 rings (SSSR count). The van der Waals surface area contributed by atoms with Crippen LogP contribution in [0.1, 0.15) is 32.6 Å². The number of hydrogen-bond donors (Lipinski definition) is 3. The normalized spacial score (nSPS) is 23.0. The van der Waals surface area contributed by atoms with Crippen LogP contribution in [0.2, 0.25) is 0 Å². The zero-order valence-electron chi connectivity index (χ0n) is 12.4. The van der Waals surface area contributed by atoms with Crippen LogP contribution in [0.5, 0.6) is 0 Å². The largest absolute Gasteiger partial charge is 0.393 e. The maximum atomic E-state index is 12.2. The summed E-state index contributed by atoms with van der Waals surface area (Å²) in [5.41, 5.74) is 0.624. The average Bonchev–Trinajstić information content (AvgIpc) is 2.45. The fourth-order valence-electron chi connectivity index (χ4n) is 2.82. The van der Waals surface area contributed by atoms with Crippen LogP contribution in [0, 0.1) is 5.92 Å². The van der Waals surface area contributed by atoms with Crippen LogP contribution in [0.25, 0.3) is 0 Å². The van der Waals surface area contributed by atoms with Crippen molar-refractivity contribution >= 4 is 15.7 Å². The summed E-state index contributed by atoms with van der Waals surface area (Å²) in [5, 5.41) is 12.9. The molecule has 1 aliphatic rings. The topological polar surface area (TPSA) is 78.4 Å². The number of sulfonamides is 1. The molecule has 0 bridgehead atoms.